The highest BCUT2D eigenvalue weighted by Gasteiger charge is 2.27. The van der Waals surface area contributed by atoms with E-state index in [-0.39, 0.29) is 10.7 Å². The number of hydrogen-bond acceptors (Lipinski definition) is 2. The standard InChI is InChI=1S/C16H28NOS/c1-3-17-19-10-9-15(14-7-5-4-6-8-14)16(19)11-13(2)12-18/h9-10,13-14,17-18H,3-8,11-12H2,1-2H3/q+1. The maximum Gasteiger partial charge on any atom is 0.175 e. The highest BCUT2D eigenvalue weighted by Crippen LogP contribution is 2.40. The van der Waals surface area contributed by atoms with E-state index in [1.54, 1.807) is 10.4 Å². The van der Waals surface area contributed by atoms with Crippen molar-refractivity contribution >= 4 is 10.7 Å². The summed E-state index contributed by atoms with van der Waals surface area (Å²) < 4.78 is 3.59. The molecule has 2 nitrogen and oxygen atoms in total. The molecule has 0 aromatic carbocycles. The fraction of sp³-hybridized carbons (Fsp3) is 0.750. The zero-order chi connectivity index (χ0) is 13.7. The van der Waals surface area contributed by atoms with Crippen LogP contribution >= 0.6 is 10.7 Å². The van der Waals surface area contributed by atoms with Gasteiger partial charge in [0.25, 0.3) is 0 Å². The Hall–Kier alpha value is -0.380. The van der Waals surface area contributed by atoms with Crippen molar-refractivity contribution in [3.63, 3.8) is 0 Å². The molecular weight excluding hydrogens is 254 g/mol. The van der Waals surface area contributed by atoms with Crippen LogP contribution < -0.4 is 4.72 Å². The number of rotatable bonds is 6. The molecule has 2 atom stereocenters. The topological polar surface area (TPSA) is 32.3 Å². The van der Waals surface area contributed by atoms with Gasteiger partial charge < -0.3 is 5.11 Å². The highest BCUT2D eigenvalue weighted by molar-refractivity contribution is 7.31. The molecule has 1 aliphatic rings. The number of aliphatic hydroxyl groups excluding tert-OH is 1. The molecule has 3 heteroatoms. The second-order valence-corrected chi connectivity index (χ2v) is 7.57. The molecule has 2 unspecified atom stereocenters. The average Bonchev–Trinajstić information content (AvgIpc) is 2.83. The Balaban J connectivity index is 2.20. The van der Waals surface area contributed by atoms with Gasteiger partial charge in [-0.1, -0.05) is 26.2 Å². The van der Waals surface area contributed by atoms with Gasteiger partial charge in [0.15, 0.2) is 10.3 Å². The second-order valence-electron chi connectivity index (χ2n) is 5.84. The fourth-order valence-corrected chi connectivity index (χ4v) is 5.08. The lowest BCUT2D eigenvalue weighted by Gasteiger charge is -2.21. The van der Waals surface area contributed by atoms with Crippen LogP contribution in [0, 0.1) is 5.92 Å². The minimum absolute atomic E-state index is 0.119. The Morgan fingerprint density at radius 3 is 2.74 bits per heavy atom. The van der Waals surface area contributed by atoms with Gasteiger partial charge in [-0.15, -0.1) is 4.72 Å². The van der Waals surface area contributed by atoms with Crippen molar-refractivity contribution in [2.75, 3.05) is 17.9 Å². The largest absolute Gasteiger partial charge is 0.396 e. The van der Waals surface area contributed by atoms with E-state index >= 15 is 0 Å². The zero-order valence-electron chi connectivity index (χ0n) is 12.3. The van der Waals surface area contributed by atoms with Crippen LogP contribution in [0.5, 0.6) is 0 Å². The van der Waals surface area contributed by atoms with Crippen molar-refractivity contribution in [1.82, 2.24) is 0 Å². The summed E-state index contributed by atoms with van der Waals surface area (Å²) in [6.45, 7) is 5.64. The summed E-state index contributed by atoms with van der Waals surface area (Å²) in [5, 5.41) is 11.7. The molecule has 0 aliphatic heterocycles. The number of hydrogen-bond donors (Lipinski definition) is 2. The second kappa shape index (κ2) is 7.41. The van der Waals surface area contributed by atoms with Crippen molar-refractivity contribution in [3.8, 4) is 0 Å². The van der Waals surface area contributed by atoms with Crippen LogP contribution in [0.3, 0.4) is 0 Å². The van der Waals surface area contributed by atoms with Gasteiger partial charge >= 0.3 is 0 Å². The van der Waals surface area contributed by atoms with Gasteiger partial charge in [-0.3, -0.25) is 0 Å². The first-order chi connectivity index (χ1) is 9.26. The Bertz CT molecular complexity index is 382. The highest BCUT2D eigenvalue weighted by atomic mass is 32.2. The van der Waals surface area contributed by atoms with Crippen LogP contribution in [0.1, 0.15) is 62.3 Å². The van der Waals surface area contributed by atoms with Gasteiger partial charge in [-0.2, -0.15) is 0 Å². The van der Waals surface area contributed by atoms with E-state index in [0.717, 1.165) is 18.9 Å². The molecule has 0 saturated heterocycles. The Kier molecular flexibility index (Phi) is 5.86. The summed E-state index contributed by atoms with van der Waals surface area (Å²) in [7, 11) is 0.119. The molecule has 2 rings (SSSR count). The lowest BCUT2D eigenvalue weighted by atomic mass is 9.83. The van der Waals surface area contributed by atoms with Crippen LogP contribution in [-0.4, -0.2) is 18.3 Å². The molecule has 1 heterocycles. The van der Waals surface area contributed by atoms with Gasteiger partial charge in [0, 0.05) is 31.2 Å². The molecule has 1 fully saturated rings. The van der Waals surface area contributed by atoms with Crippen molar-refractivity contribution < 1.29 is 5.11 Å². The first kappa shape index (κ1) is 15.0. The van der Waals surface area contributed by atoms with Crippen LogP contribution in [0.15, 0.2) is 11.4 Å². The molecule has 1 saturated carbocycles. The molecule has 2 N–H and O–H groups in total. The smallest absolute Gasteiger partial charge is 0.175 e. The van der Waals surface area contributed by atoms with Crippen LogP contribution in [0.2, 0.25) is 0 Å². The molecular formula is C16H28NOS+. The van der Waals surface area contributed by atoms with E-state index in [1.165, 1.54) is 32.1 Å². The van der Waals surface area contributed by atoms with Crippen LogP contribution in [-0.2, 0) is 6.42 Å². The minimum atomic E-state index is 0.119. The predicted octanol–water partition coefficient (Wildman–Crippen LogP) is 4.22. The third-order valence-electron chi connectivity index (χ3n) is 4.16. The SMILES string of the molecule is CCN[s+]1ccc(C2CCCCC2)c1CC(C)CO. The maximum atomic E-state index is 9.35. The molecule has 0 bridgehead atoms. The van der Waals surface area contributed by atoms with Gasteiger partial charge in [0.2, 0.25) is 0 Å². The summed E-state index contributed by atoms with van der Waals surface area (Å²) in [6.07, 6.45) is 7.96. The van der Waals surface area contributed by atoms with Crippen molar-refractivity contribution in [2.24, 2.45) is 5.92 Å². The lowest BCUT2D eigenvalue weighted by Crippen LogP contribution is -2.11. The first-order valence-electron chi connectivity index (χ1n) is 7.75. The van der Waals surface area contributed by atoms with E-state index < -0.39 is 0 Å². The normalized spacial score (nSPS) is 19.6. The summed E-state index contributed by atoms with van der Waals surface area (Å²) >= 11 is 0. The fourth-order valence-electron chi connectivity index (χ4n) is 3.10. The number of nitrogens with one attached hydrogen (secondary N) is 1. The number of aliphatic hydroxyl groups is 1. The van der Waals surface area contributed by atoms with E-state index in [0.29, 0.717) is 12.5 Å². The lowest BCUT2D eigenvalue weighted by molar-refractivity contribution is 0.237. The van der Waals surface area contributed by atoms with Crippen LogP contribution in [0.4, 0.5) is 0 Å². The molecule has 108 valence electrons. The van der Waals surface area contributed by atoms with Crippen LogP contribution in [0.25, 0.3) is 0 Å². The van der Waals surface area contributed by atoms with E-state index in [9.17, 15) is 5.11 Å². The Morgan fingerprint density at radius 1 is 1.37 bits per heavy atom. The van der Waals surface area contributed by atoms with Gasteiger partial charge in [0.1, 0.15) is 0 Å². The molecule has 0 amide bonds. The average molecular weight is 282 g/mol. The molecule has 1 aromatic rings. The minimum Gasteiger partial charge on any atom is -0.396 e. The molecule has 0 spiro atoms. The van der Waals surface area contributed by atoms with Gasteiger partial charge in [0.05, 0.1) is 10.7 Å². The molecule has 0 radical (unpaired) electrons. The monoisotopic (exact) mass is 282 g/mol. The Labute approximate surface area is 120 Å². The maximum absolute atomic E-state index is 9.35. The summed E-state index contributed by atoms with van der Waals surface area (Å²) in [6, 6.07) is 2.38. The van der Waals surface area contributed by atoms with Crippen molar-refractivity contribution in [3.05, 3.63) is 21.9 Å². The van der Waals surface area contributed by atoms with E-state index in [2.05, 4.69) is 30.0 Å². The quantitative estimate of drug-likeness (QED) is 0.766. The zero-order valence-corrected chi connectivity index (χ0v) is 13.1. The number of thiophene rings is 1. The third-order valence-corrected chi connectivity index (χ3v) is 6.10. The molecule has 1 aromatic heterocycles. The molecule has 1 aliphatic carbocycles. The van der Waals surface area contributed by atoms with Gasteiger partial charge in [-0.25, -0.2) is 0 Å². The first-order valence-corrected chi connectivity index (χ1v) is 9.03. The summed E-state index contributed by atoms with van der Waals surface area (Å²) in [5.41, 5.74) is 1.60. The predicted molar refractivity (Wildman–Crippen MR) is 84.6 cm³/mol. The van der Waals surface area contributed by atoms with Crippen molar-refractivity contribution in [2.45, 2.75) is 58.3 Å². The van der Waals surface area contributed by atoms with Crippen molar-refractivity contribution in [1.29, 1.82) is 0 Å². The third kappa shape index (κ3) is 3.80. The van der Waals surface area contributed by atoms with E-state index in [4.69, 9.17) is 0 Å². The van der Waals surface area contributed by atoms with Gasteiger partial charge in [-0.05, 0) is 31.6 Å². The summed E-state index contributed by atoms with van der Waals surface area (Å²) in [5.74, 6) is 1.16. The Morgan fingerprint density at radius 2 is 2.11 bits per heavy atom. The molecule has 19 heavy (non-hydrogen) atoms. The van der Waals surface area contributed by atoms with E-state index in [1.807, 2.05) is 0 Å². The summed E-state index contributed by atoms with van der Waals surface area (Å²) in [4.78, 5) is 1.58.